The van der Waals surface area contributed by atoms with Gasteiger partial charge in [-0.3, -0.25) is 20.4 Å². The third-order valence-electron chi connectivity index (χ3n) is 3.77. The minimum absolute atomic E-state index is 0.208. The third kappa shape index (κ3) is 6.96. The zero-order valence-corrected chi connectivity index (χ0v) is 16.3. The largest absolute Gasteiger partial charge is 0.493 e. The highest BCUT2D eigenvalue weighted by atomic mass is 19.4. The first-order chi connectivity index (χ1) is 14.2. The van der Waals surface area contributed by atoms with Gasteiger partial charge in [0.25, 0.3) is 11.8 Å². The Morgan fingerprint density at radius 1 is 0.933 bits per heavy atom. The molecule has 162 valence electrons. The van der Waals surface area contributed by atoms with Crippen LogP contribution in [0.1, 0.15) is 33.2 Å². The average Bonchev–Trinajstić information content (AvgIpc) is 2.71. The van der Waals surface area contributed by atoms with Gasteiger partial charge in [-0.1, -0.05) is 12.1 Å². The molecule has 0 aliphatic rings. The molecule has 2 N–H and O–H groups in total. The highest BCUT2D eigenvalue weighted by Crippen LogP contribution is 2.27. The molecule has 2 rings (SSSR count). The fourth-order valence-electron chi connectivity index (χ4n) is 2.38. The number of benzene rings is 2. The van der Waals surface area contributed by atoms with Gasteiger partial charge >= 0.3 is 6.18 Å². The zero-order valence-electron chi connectivity index (χ0n) is 16.3. The molecule has 0 aliphatic heterocycles. The molecular weight excluding hydrogens is 405 g/mol. The van der Waals surface area contributed by atoms with Gasteiger partial charge in [0.1, 0.15) is 6.61 Å². The van der Waals surface area contributed by atoms with Gasteiger partial charge in [0, 0.05) is 11.1 Å². The second kappa shape index (κ2) is 10.5. The maximum atomic E-state index is 12.2. The number of hydrogen-bond acceptors (Lipinski definition) is 5. The Balaban J connectivity index is 1.90. The Bertz CT molecular complexity index is 870. The molecule has 0 fully saturated rings. The van der Waals surface area contributed by atoms with Crippen LogP contribution in [0.25, 0.3) is 0 Å². The maximum absolute atomic E-state index is 12.2. The Hall–Kier alpha value is -3.27. The fraction of sp³-hybridized carbons (Fsp3) is 0.300. The van der Waals surface area contributed by atoms with Crippen LogP contribution in [0, 0.1) is 0 Å². The smallest absolute Gasteiger partial charge is 0.411 e. The Morgan fingerprint density at radius 2 is 1.53 bits per heavy atom. The van der Waals surface area contributed by atoms with Crippen molar-refractivity contribution in [2.75, 3.05) is 20.3 Å². The standard InChI is InChI=1S/C20H21F3N2O5/c1-3-30-16-9-8-15(10-17(16)28-2)19(27)25-24-18(26)14-6-4-13(5-7-14)11-29-12-20(21,22)23/h4-10H,3,11-12H2,1-2H3,(H,24,26)(H,25,27). The van der Waals surface area contributed by atoms with Crippen molar-refractivity contribution in [3.63, 3.8) is 0 Å². The van der Waals surface area contributed by atoms with Gasteiger partial charge in [0.05, 0.1) is 20.3 Å². The summed E-state index contributed by atoms with van der Waals surface area (Å²) in [6, 6.07) is 10.3. The summed E-state index contributed by atoms with van der Waals surface area (Å²) in [5, 5.41) is 0. The molecular formula is C20H21F3N2O5. The van der Waals surface area contributed by atoms with Crippen LogP contribution in [0.2, 0.25) is 0 Å². The van der Waals surface area contributed by atoms with E-state index in [0.717, 1.165) is 0 Å². The first kappa shape index (κ1) is 23.0. The lowest BCUT2D eigenvalue weighted by Gasteiger charge is -2.12. The van der Waals surface area contributed by atoms with Crippen molar-refractivity contribution in [1.82, 2.24) is 10.9 Å². The van der Waals surface area contributed by atoms with E-state index in [1.54, 1.807) is 6.07 Å². The van der Waals surface area contributed by atoms with Gasteiger partial charge < -0.3 is 14.2 Å². The molecule has 0 radical (unpaired) electrons. The SMILES string of the molecule is CCOc1ccc(C(=O)NNC(=O)c2ccc(COCC(F)(F)F)cc2)cc1OC. The molecule has 2 aromatic carbocycles. The second-order valence-electron chi connectivity index (χ2n) is 6.01. The molecule has 10 heteroatoms. The molecule has 0 atom stereocenters. The van der Waals surface area contributed by atoms with Crippen LogP contribution in [-0.4, -0.2) is 38.3 Å². The van der Waals surface area contributed by atoms with Crippen molar-refractivity contribution in [3.8, 4) is 11.5 Å². The lowest BCUT2D eigenvalue weighted by molar-refractivity contribution is -0.176. The fourth-order valence-corrected chi connectivity index (χ4v) is 2.38. The zero-order chi connectivity index (χ0) is 22.1. The van der Waals surface area contributed by atoms with E-state index in [4.69, 9.17) is 9.47 Å². The first-order valence-electron chi connectivity index (χ1n) is 8.88. The molecule has 2 amide bonds. The maximum Gasteiger partial charge on any atom is 0.411 e. The minimum Gasteiger partial charge on any atom is -0.493 e. The molecule has 0 unspecified atom stereocenters. The van der Waals surface area contributed by atoms with Crippen LogP contribution >= 0.6 is 0 Å². The van der Waals surface area contributed by atoms with Crippen LogP contribution < -0.4 is 20.3 Å². The molecule has 0 saturated carbocycles. The van der Waals surface area contributed by atoms with Gasteiger partial charge in [-0.25, -0.2) is 0 Å². The van der Waals surface area contributed by atoms with Gasteiger partial charge in [-0.15, -0.1) is 0 Å². The van der Waals surface area contributed by atoms with E-state index in [2.05, 4.69) is 15.6 Å². The predicted molar refractivity (Wildman–Crippen MR) is 101 cm³/mol. The minimum atomic E-state index is -4.40. The number of halogens is 3. The molecule has 7 nitrogen and oxygen atoms in total. The van der Waals surface area contributed by atoms with Gasteiger partial charge in [-0.2, -0.15) is 13.2 Å². The van der Waals surface area contributed by atoms with E-state index in [1.807, 2.05) is 6.92 Å². The summed E-state index contributed by atoms with van der Waals surface area (Å²) in [6.45, 7) is 0.665. The molecule has 0 saturated heterocycles. The second-order valence-corrected chi connectivity index (χ2v) is 6.01. The Kier molecular flexibility index (Phi) is 8.05. The number of amides is 2. The molecule has 0 aliphatic carbocycles. The predicted octanol–water partition coefficient (Wildman–Crippen LogP) is 3.25. The lowest BCUT2D eigenvalue weighted by Crippen LogP contribution is -2.41. The average molecular weight is 426 g/mol. The number of alkyl halides is 3. The lowest BCUT2D eigenvalue weighted by atomic mass is 10.1. The molecule has 0 bridgehead atoms. The van der Waals surface area contributed by atoms with Crippen molar-refractivity contribution in [3.05, 3.63) is 59.2 Å². The normalized spacial score (nSPS) is 11.0. The summed E-state index contributed by atoms with van der Waals surface area (Å²) in [7, 11) is 1.44. The summed E-state index contributed by atoms with van der Waals surface area (Å²) in [6.07, 6.45) is -4.40. The number of carbonyl (C=O) groups excluding carboxylic acids is 2. The van der Waals surface area contributed by atoms with Gasteiger partial charge in [0.15, 0.2) is 11.5 Å². The molecule has 0 aromatic heterocycles. The van der Waals surface area contributed by atoms with Crippen LogP contribution in [-0.2, 0) is 11.3 Å². The number of methoxy groups -OCH3 is 1. The quantitative estimate of drug-likeness (QED) is 0.633. The summed E-state index contributed by atoms with van der Waals surface area (Å²) in [5.74, 6) is -0.301. The number of carbonyl (C=O) groups is 2. The van der Waals surface area contributed by atoms with Crippen molar-refractivity contribution in [1.29, 1.82) is 0 Å². The molecule has 0 heterocycles. The van der Waals surface area contributed by atoms with Crippen LogP contribution in [0.5, 0.6) is 11.5 Å². The number of rotatable bonds is 8. The molecule has 0 spiro atoms. The van der Waals surface area contributed by atoms with E-state index >= 15 is 0 Å². The van der Waals surface area contributed by atoms with Crippen LogP contribution in [0.15, 0.2) is 42.5 Å². The van der Waals surface area contributed by atoms with Crippen molar-refractivity contribution in [2.45, 2.75) is 19.7 Å². The highest BCUT2D eigenvalue weighted by Gasteiger charge is 2.27. The molecule has 30 heavy (non-hydrogen) atoms. The van der Waals surface area contributed by atoms with Crippen molar-refractivity contribution in [2.24, 2.45) is 0 Å². The third-order valence-corrected chi connectivity index (χ3v) is 3.77. The number of nitrogens with one attached hydrogen (secondary N) is 2. The number of hydrazine groups is 1. The van der Waals surface area contributed by atoms with Crippen LogP contribution in [0.4, 0.5) is 13.2 Å². The first-order valence-corrected chi connectivity index (χ1v) is 8.88. The Labute approximate surface area is 171 Å². The Morgan fingerprint density at radius 3 is 2.10 bits per heavy atom. The molecule has 2 aromatic rings. The van der Waals surface area contributed by atoms with Crippen molar-refractivity contribution >= 4 is 11.8 Å². The van der Waals surface area contributed by atoms with Gasteiger partial charge in [-0.05, 0) is 42.8 Å². The van der Waals surface area contributed by atoms with E-state index < -0.39 is 24.6 Å². The van der Waals surface area contributed by atoms with Gasteiger partial charge in [0.2, 0.25) is 0 Å². The van der Waals surface area contributed by atoms with E-state index in [-0.39, 0.29) is 17.7 Å². The summed E-state index contributed by atoms with van der Waals surface area (Å²) in [4.78, 5) is 24.4. The highest BCUT2D eigenvalue weighted by molar-refractivity contribution is 5.99. The summed E-state index contributed by atoms with van der Waals surface area (Å²) < 4.78 is 51.3. The van der Waals surface area contributed by atoms with E-state index in [1.165, 1.54) is 43.5 Å². The van der Waals surface area contributed by atoms with Crippen molar-refractivity contribution < 1.29 is 37.0 Å². The number of ether oxygens (including phenoxy) is 3. The number of hydrogen-bond donors (Lipinski definition) is 2. The monoisotopic (exact) mass is 426 g/mol. The summed E-state index contributed by atoms with van der Waals surface area (Å²) >= 11 is 0. The topological polar surface area (TPSA) is 85.9 Å². The van der Waals surface area contributed by atoms with E-state index in [0.29, 0.717) is 23.7 Å². The van der Waals surface area contributed by atoms with E-state index in [9.17, 15) is 22.8 Å². The summed E-state index contributed by atoms with van der Waals surface area (Å²) in [5.41, 5.74) is 5.47. The van der Waals surface area contributed by atoms with Crippen LogP contribution in [0.3, 0.4) is 0 Å².